The zero-order chi connectivity index (χ0) is 11.6. The molecule has 1 aromatic rings. The van der Waals surface area contributed by atoms with Crippen LogP contribution in [0.25, 0.3) is 0 Å². The molecule has 1 aromatic heterocycles. The van der Waals surface area contributed by atoms with Crippen LogP contribution in [-0.4, -0.2) is 30.1 Å². The third-order valence-electron chi connectivity index (χ3n) is 2.17. The lowest BCUT2D eigenvalue weighted by molar-refractivity contribution is 0.966. The SMILES string of the molecule is CCCNc1cc(NCCCSC)ccn1. The van der Waals surface area contributed by atoms with E-state index in [-0.39, 0.29) is 0 Å². The van der Waals surface area contributed by atoms with Crippen LogP contribution in [0, 0.1) is 0 Å². The monoisotopic (exact) mass is 239 g/mol. The largest absolute Gasteiger partial charge is 0.385 e. The highest BCUT2D eigenvalue weighted by Gasteiger charge is 1.95. The van der Waals surface area contributed by atoms with Crippen molar-refractivity contribution in [1.82, 2.24) is 4.98 Å². The Hall–Kier alpha value is -0.900. The fraction of sp³-hybridized carbons (Fsp3) is 0.583. The first-order valence-corrected chi connectivity index (χ1v) is 7.19. The number of rotatable bonds is 8. The Morgan fingerprint density at radius 2 is 2.19 bits per heavy atom. The molecule has 16 heavy (non-hydrogen) atoms. The van der Waals surface area contributed by atoms with Crippen LogP contribution in [0.4, 0.5) is 11.5 Å². The minimum absolute atomic E-state index is 0.955. The summed E-state index contributed by atoms with van der Waals surface area (Å²) in [6.45, 7) is 4.15. The van der Waals surface area contributed by atoms with Crippen LogP contribution in [0.15, 0.2) is 18.3 Å². The Morgan fingerprint density at radius 3 is 2.94 bits per heavy atom. The molecule has 0 unspecified atom stereocenters. The van der Waals surface area contributed by atoms with Gasteiger partial charge in [0.2, 0.25) is 0 Å². The number of aromatic nitrogens is 1. The zero-order valence-electron chi connectivity index (χ0n) is 10.1. The first-order valence-electron chi connectivity index (χ1n) is 5.79. The molecule has 0 aromatic carbocycles. The number of thioether (sulfide) groups is 1. The van der Waals surface area contributed by atoms with Gasteiger partial charge < -0.3 is 10.6 Å². The smallest absolute Gasteiger partial charge is 0.127 e. The van der Waals surface area contributed by atoms with E-state index in [9.17, 15) is 0 Å². The molecule has 0 amide bonds. The van der Waals surface area contributed by atoms with Gasteiger partial charge in [-0.15, -0.1) is 0 Å². The van der Waals surface area contributed by atoms with Gasteiger partial charge in [-0.05, 0) is 30.9 Å². The van der Waals surface area contributed by atoms with Crippen molar-refractivity contribution in [1.29, 1.82) is 0 Å². The molecule has 0 saturated heterocycles. The van der Waals surface area contributed by atoms with E-state index in [4.69, 9.17) is 0 Å². The lowest BCUT2D eigenvalue weighted by Crippen LogP contribution is -2.05. The highest BCUT2D eigenvalue weighted by Crippen LogP contribution is 2.11. The molecule has 0 aliphatic rings. The van der Waals surface area contributed by atoms with Crippen molar-refractivity contribution in [2.75, 3.05) is 35.7 Å². The van der Waals surface area contributed by atoms with Crippen LogP contribution < -0.4 is 10.6 Å². The summed E-state index contributed by atoms with van der Waals surface area (Å²) in [5, 5.41) is 6.68. The van der Waals surface area contributed by atoms with Gasteiger partial charge in [0, 0.05) is 31.0 Å². The molecule has 3 nitrogen and oxygen atoms in total. The van der Waals surface area contributed by atoms with E-state index >= 15 is 0 Å². The Morgan fingerprint density at radius 1 is 1.31 bits per heavy atom. The number of anilines is 2. The molecule has 1 rings (SSSR count). The fourth-order valence-corrected chi connectivity index (χ4v) is 1.77. The van der Waals surface area contributed by atoms with Gasteiger partial charge in [0.15, 0.2) is 0 Å². The van der Waals surface area contributed by atoms with Crippen LogP contribution in [0.3, 0.4) is 0 Å². The lowest BCUT2D eigenvalue weighted by Gasteiger charge is -2.08. The molecule has 0 radical (unpaired) electrons. The van der Waals surface area contributed by atoms with E-state index in [2.05, 4.69) is 34.9 Å². The average Bonchev–Trinajstić information content (AvgIpc) is 2.33. The summed E-state index contributed by atoms with van der Waals surface area (Å²) in [7, 11) is 0. The second kappa shape index (κ2) is 8.28. The Labute approximate surface area is 102 Å². The zero-order valence-corrected chi connectivity index (χ0v) is 10.9. The van der Waals surface area contributed by atoms with E-state index in [1.54, 1.807) is 0 Å². The van der Waals surface area contributed by atoms with Crippen molar-refractivity contribution in [2.45, 2.75) is 19.8 Å². The molecule has 0 aliphatic carbocycles. The molecular formula is C12H21N3S. The van der Waals surface area contributed by atoms with Gasteiger partial charge in [0.1, 0.15) is 5.82 Å². The van der Waals surface area contributed by atoms with Gasteiger partial charge in [-0.25, -0.2) is 4.98 Å². The van der Waals surface area contributed by atoms with Crippen molar-refractivity contribution in [3.05, 3.63) is 18.3 Å². The van der Waals surface area contributed by atoms with Crippen molar-refractivity contribution in [3.8, 4) is 0 Å². The minimum atomic E-state index is 0.955. The highest BCUT2D eigenvalue weighted by molar-refractivity contribution is 7.98. The van der Waals surface area contributed by atoms with E-state index in [1.165, 1.54) is 12.2 Å². The van der Waals surface area contributed by atoms with Crippen LogP contribution in [0.2, 0.25) is 0 Å². The topological polar surface area (TPSA) is 37.0 Å². The number of nitrogens with zero attached hydrogens (tertiary/aromatic N) is 1. The first kappa shape index (κ1) is 13.2. The quantitative estimate of drug-likeness (QED) is 0.684. The molecule has 0 atom stereocenters. The summed E-state index contributed by atoms with van der Waals surface area (Å²) in [4.78, 5) is 4.27. The van der Waals surface area contributed by atoms with Gasteiger partial charge in [-0.1, -0.05) is 6.92 Å². The number of nitrogens with one attached hydrogen (secondary N) is 2. The van der Waals surface area contributed by atoms with Gasteiger partial charge in [0.05, 0.1) is 0 Å². The van der Waals surface area contributed by atoms with Crippen LogP contribution >= 0.6 is 11.8 Å². The predicted octanol–water partition coefficient (Wildman–Crippen LogP) is 3.07. The fourth-order valence-electron chi connectivity index (χ4n) is 1.34. The van der Waals surface area contributed by atoms with Crippen LogP contribution in [0.5, 0.6) is 0 Å². The second-order valence-electron chi connectivity index (χ2n) is 3.63. The van der Waals surface area contributed by atoms with Crippen molar-refractivity contribution in [2.24, 2.45) is 0 Å². The van der Waals surface area contributed by atoms with Crippen LogP contribution in [0.1, 0.15) is 19.8 Å². The molecule has 0 aliphatic heterocycles. The Kier molecular flexibility index (Phi) is 6.81. The van der Waals surface area contributed by atoms with E-state index < -0.39 is 0 Å². The average molecular weight is 239 g/mol. The van der Waals surface area contributed by atoms with Gasteiger partial charge in [-0.3, -0.25) is 0 Å². The molecular weight excluding hydrogens is 218 g/mol. The maximum Gasteiger partial charge on any atom is 0.127 e. The summed E-state index contributed by atoms with van der Waals surface area (Å²) in [5.74, 6) is 2.16. The highest BCUT2D eigenvalue weighted by atomic mass is 32.2. The molecule has 4 heteroatoms. The molecule has 90 valence electrons. The molecule has 0 fully saturated rings. The van der Waals surface area contributed by atoms with Crippen molar-refractivity contribution in [3.63, 3.8) is 0 Å². The number of hydrogen-bond donors (Lipinski definition) is 2. The molecule has 2 N–H and O–H groups in total. The van der Waals surface area contributed by atoms with Crippen molar-refractivity contribution >= 4 is 23.3 Å². The van der Waals surface area contributed by atoms with E-state index in [1.807, 2.05) is 24.0 Å². The normalized spacial score (nSPS) is 10.1. The number of pyridine rings is 1. The van der Waals surface area contributed by atoms with E-state index in [0.29, 0.717) is 0 Å². The Balaban J connectivity index is 2.35. The Bertz CT molecular complexity index is 291. The molecule has 0 spiro atoms. The van der Waals surface area contributed by atoms with Gasteiger partial charge in [0.25, 0.3) is 0 Å². The second-order valence-corrected chi connectivity index (χ2v) is 4.62. The molecule has 1 heterocycles. The molecule has 0 bridgehead atoms. The van der Waals surface area contributed by atoms with Gasteiger partial charge >= 0.3 is 0 Å². The third kappa shape index (κ3) is 5.26. The lowest BCUT2D eigenvalue weighted by atomic mass is 10.3. The maximum absolute atomic E-state index is 4.27. The molecule has 0 saturated carbocycles. The van der Waals surface area contributed by atoms with E-state index in [0.717, 1.165) is 31.0 Å². The minimum Gasteiger partial charge on any atom is -0.385 e. The van der Waals surface area contributed by atoms with Gasteiger partial charge in [-0.2, -0.15) is 11.8 Å². The predicted molar refractivity (Wildman–Crippen MR) is 74.5 cm³/mol. The van der Waals surface area contributed by atoms with Crippen LogP contribution in [-0.2, 0) is 0 Å². The summed E-state index contributed by atoms with van der Waals surface area (Å²) >= 11 is 1.89. The maximum atomic E-state index is 4.27. The summed E-state index contributed by atoms with van der Waals surface area (Å²) < 4.78 is 0. The summed E-state index contributed by atoms with van der Waals surface area (Å²) in [6.07, 6.45) is 6.29. The third-order valence-corrected chi connectivity index (χ3v) is 2.87. The standard InChI is InChI=1S/C12H21N3S/c1-3-6-14-12-10-11(5-8-15-12)13-7-4-9-16-2/h5,8,10H,3-4,6-7,9H2,1-2H3,(H2,13,14,15). The summed E-state index contributed by atoms with van der Waals surface area (Å²) in [6, 6.07) is 4.07. The summed E-state index contributed by atoms with van der Waals surface area (Å²) in [5.41, 5.74) is 1.15. The first-order chi connectivity index (χ1) is 7.86. The number of hydrogen-bond acceptors (Lipinski definition) is 4. The van der Waals surface area contributed by atoms with Crippen molar-refractivity contribution < 1.29 is 0 Å².